The molecule has 0 saturated heterocycles. The fourth-order valence-corrected chi connectivity index (χ4v) is 2.95. The number of carbonyl (C=O) groups is 1. The molecule has 1 amide bonds. The van der Waals surface area contributed by atoms with Crippen molar-refractivity contribution in [3.63, 3.8) is 0 Å². The van der Waals surface area contributed by atoms with Crippen molar-refractivity contribution in [3.05, 3.63) is 66.4 Å². The second kappa shape index (κ2) is 8.23. The van der Waals surface area contributed by atoms with Gasteiger partial charge in [0.25, 0.3) is 11.8 Å². The van der Waals surface area contributed by atoms with E-state index in [4.69, 9.17) is 10.2 Å². The molecule has 0 atom stereocenters. The van der Waals surface area contributed by atoms with Crippen LogP contribution in [0.1, 0.15) is 13.2 Å². The van der Waals surface area contributed by atoms with Crippen molar-refractivity contribution in [1.29, 1.82) is 0 Å². The summed E-state index contributed by atoms with van der Waals surface area (Å²) in [6, 6.07) is 17.1. The number of carbonyl (C=O) groups excluding carboxylic acids is 1. The standard InChI is InChI=1S/C22H21N7O2.2H2/c1-28(2)21(30)15-11-9-14(10-12-15)17-13-24-19(23)18(25-17)20-26-27-22(31-20)29(3)16-7-5-4-6-8-16;;/h4-13H,1-3H3,(H2,23,24);2*1H. The van der Waals surface area contributed by atoms with E-state index in [0.717, 1.165) is 11.3 Å². The van der Waals surface area contributed by atoms with Gasteiger partial charge in [0.15, 0.2) is 11.5 Å². The first-order chi connectivity index (χ1) is 14.9. The van der Waals surface area contributed by atoms with E-state index in [9.17, 15) is 4.79 Å². The van der Waals surface area contributed by atoms with E-state index in [-0.39, 0.29) is 20.5 Å². The maximum atomic E-state index is 12.1. The third-order valence-corrected chi connectivity index (χ3v) is 4.68. The summed E-state index contributed by atoms with van der Waals surface area (Å²) < 4.78 is 5.81. The van der Waals surface area contributed by atoms with E-state index >= 15 is 0 Å². The summed E-state index contributed by atoms with van der Waals surface area (Å²) in [5.74, 6) is 0.279. The lowest BCUT2D eigenvalue weighted by molar-refractivity contribution is 0.0827. The van der Waals surface area contributed by atoms with E-state index in [2.05, 4.69) is 20.2 Å². The molecule has 0 radical (unpaired) electrons. The van der Waals surface area contributed by atoms with E-state index in [1.54, 1.807) is 37.3 Å². The van der Waals surface area contributed by atoms with Crippen LogP contribution >= 0.6 is 0 Å². The third kappa shape index (κ3) is 4.06. The number of para-hydroxylation sites is 1. The fourth-order valence-electron chi connectivity index (χ4n) is 2.95. The lowest BCUT2D eigenvalue weighted by Crippen LogP contribution is -2.21. The summed E-state index contributed by atoms with van der Waals surface area (Å²) in [6.45, 7) is 0. The van der Waals surface area contributed by atoms with Gasteiger partial charge in [0.2, 0.25) is 0 Å². The summed E-state index contributed by atoms with van der Waals surface area (Å²) in [7, 11) is 5.25. The molecule has 0 bridgehead atoms. The highest BCUT2D eigenvalue weighted by molar-refractivity contribution is 5.94. The largest absolute Gasteiger partial charge is 0.401 e. The number of benzene rings is 2. The molecule has 160 valence electrons. The maximum Gasteiger partial charge on any atom is 0.322 e. The van der Waals surface area contributed by atoms with Gasteiger partial charge in [-0.25, -0.2) is 9.97 Å². The van der Waals surface area contributed by atoms with E-state index in [1.807, 2.05) is 49.5 Å². The monoisotopic (exact) mass is 419 g/mol. The van der Waals surface area contributed by atoms with Gasteiger partial charge in [0.1, 0.15) is 0 Å². The van der Waals surface area contributed by atoms with Crippen LogP contribution in [0.15, 0.2) is 65.2 Å². The van der Waals surface area contributed by atoms with Crippen molar-refractivity contribution in [3.8, 4) is 22.8 Å². The number of nitrogen functional groups attached to an aromatic ring is 1. The Morgan fingerprint density at radius 3 is 2.39 bits per heavy atom. The first-order valence-electron chi connectivity index (χ1n) is 9.51. The van der Waals surface area contributed by atoms with Crippen molar-refractivity contribution >= 4 is 23.4 Å². The van der Waals surface area contributed by atoms with Crippen LogP contribution in [0.25, 0.3) is 22.8 Å². The van der Waals surface area contributed by atoms with Crippen molar-refractivity contribution in [2.75, 3.05) is 31.8 Å². The van der Waals surface area contributed by atoms with Gasteiger partial charge in [0, 0.05) is 40.8 Å². The zero-order valence-corrected chi connectivity index (χ0v) is 17.4. The van der Waals surface area contributed by atoms with Crippen LogP contribution in [0.4, 0.5) is 17.5 Å². The number of aromatic nitrogens is 4. The van der Waals surface area contributed by atoms with E-state index in [0.29, 0.717) is 23.0 Å². The van der Waals surface area contributed by atoms with Crippen LogP contribution in [0, 0.1) is 0 Å². The molecule has 2 aromatic heterocycles. The van der Waals surface area contributed by atoms with Crippen molar-refractivity contribution in [2.24, 2.45) is 0 Å². The Morgan fingerprint density at radius 1 is 1.00 bits per heavy atom. The molecule has 2 heterocycles. The molecule has 2 aromatic carbocycles. The molecule has 0 aliphatic rings. The smallest absolute Gasteiger partial charge is 0.322 e. The lowest BCUT2D eigenvalue weighted by atomic mass is 10.1. The molecule has 4 rings (SSSR count). The van der Waals surface area contributed by atoms with Gasteiger partial charge in [-0.3, -0.25) is 9.69 Å². The molecule has 9 heteroatoms. The Bertz CT molecular complexity index is 1220. The summed E-state index contributed by atoms with van der Waals surface area (Å²) in [5, 5.41) is 8.20. The number of nitrogens with zero attached hydrogens (tertiary/aromatic N) is 6. The molecule has 9 nitrogen and oxygen atoms in total. The Hall–Kier alpha value is -4.27. The molecule has 0 saturated carbocycles. The highest BCUT2D eigenvalue weighted by Crippen LogP contribution is 2.29. The predicted octanol–water partition coefficient (Wildman–Crippen LogP) is 3.74. The van der Waals surface area contributed by atoms with Crippen molar-refractivity contribution in [2.45, 2.75) is 0 Å². The predicted molar refractivity (Wildman–Crippen MR) is 122 cm³/mol. The fraction of sp³-hybridized carbons (Fsp3) is 0.136. The summed E-state index contributed by atoms with van der Waals surface area (Å²) in [4.78, 5) is 24.2. The van der Waals surface area contributed by atoms with Crippen LogP contribution < -0.4 is 10.6 Å². The van der Waals surface area contributed by atoms with Crippen LogP contribution in [0.3, 0.4) is 0 Å². The number of hydrogen-bond donors (Lipinski definition) is 1. The maximum absolute atomic E-state index is 12.1. The number of rotatable bonds is 5. The average Bonchev–Trinajstić information content (AvgIpc) is 3.29. The minimum absolute atomic E-state index is 0. The highest BCUT2D eigenvalue weighted by atomic mass is 16.4. The van der Waals surface area contributed by atoms with Crippen LogP contribution in [-0.2, 0) is 0 Å². The third-order valence-electron chi connectivity index (χ3n) is 4.68. The summed E-state index contributed by atoms with van der Waals surface area (Å²) in [6.07, 6.45) is 1.56. The first kappa shape index (κ1) is 20.0. The molecule has 4 aromatic rings. The van der Waals surface area contributed by atoms with Gasteiger partial charge in [-0.05, 0) is 24.3 Å². The Kier molecular flexibility index (Phi) is 5.31. The van der Waals surface area contributed by atoms with Crippen LogP contribution in [-0.4, -0.2) is 52.1 Å². The topological polar surface area (TPSA) is 114 Å². The molecule has 0 aliphatic carbocycles. The first-order valence-corrected chi connectivity index (χ1v) is 9.51. The normalized spacial score (nSPS) is 10.7. The minimum atomic E-state index is -0.0726. The molecule has 0 fully saturated rings. The SMILES string of the molecule is CN(C)C(=O)c1ccc(-c2cnc(N)c(-c3nnc(N(C)c4ccccc4)o3)n2)cc1.[HH].[HH]. The number of nitrogens with two attached hydrogens (primary N) is 1. The zero-order chi connectivity index (χ0) is 22.0. The summed E-state index contributed by atoms with van der Waals surface area (Å²) >= 11 is 0. The number of amides is 1. The molecule has 0 spiro atoms. The van der Waals surface area contributed by atoms with Crippen molar-refractivity contribution < 1.29 is 12.1 Å². The van der Waals surface area contributed by atoms with E-state index in [1.165, 1.54) is 4.90 Å². The highest BCUT2D eigenvalue weighted by Gasteiger charge is 2.18. The number of anilines is 3. The quantitative estimate of drug-likeness (QED) is 0.520. The Morgan fingerprint density at radius 2 is 1.71 bits per heavy atom. The summed E-state index contributed by atoms with van der Waals surface area (Å²) in [5.41, 5.74) is 9.17. The second-order valence-corrected chi connectivity index (χ2v) is 7.05. The zero-order valence-electron chi connectivity index (χ0n) is 17.4. The molecular weight excluding hydrogens is 394 g/mol. The van der Waals surface area contributed by atoms with Crippen LogP contribution in [0.2, 0.25) is 0 Å². The van der Waals surface area contributed by atoms with Crippen LogP contribution in [0.5, 0.6) is 0 Å². The van der Waals surface area contributed by atoms with Gasteiger partial charge in [-0.1, -0.05) is 35.4 Å². The van der Waals surface area contributed by atoms with Gasteiger partial charge in [0.05, 0.1) is 11.9 Å². The molecule has 31 heavy (non-hydrogen) atoms. The Balaban J connectivity index is 0.00000193. The second-order valence-electron chi connectivity index (χ2n) is 7.05. The van der Waals surface area contributed by atoms with Gasteiger partial charge >= 0.3 is 6.01 Å². The lowest BCUT2D eigenvalue weighted by Gasteiger charge is -2.13. The number of hydrogen-bond acceptors (Lipinski definition) is 8. The molecule has 0 unspecified atom stereocenters. The van der Waals surface area contributed by atoms with Gasteiger partial charge in [-0.15, -0.1) is 5.10 Å². The average molecular weight is 419 g/mol. The Labute approximate surface area is 182 Å². The molecular formula is C22H25N7O2. The van der Waals surface area contributed by atoms with Crippen molar-refractivity contribution in [1.82, 2.24) is 25.1 Å². The molecule has 2 N–H and O–H groups in total. The van der Waals surface area contributed by atoms with Gasteiger partial charge in [-0.2, -0.15) is 0 Å². The minimum Gasteiger partial charge on any atom is -0.401 e. The molecule has 0 aliphatic heterocycles. The van der Waals surface area contributed by atoms with Gasteiger partial charge < -0.3 is 15.1 Å². The van der Waals surface area contributed by atoms with E-state index < -0.39 is 0 Å².